The number of rotatable bonds is 5. The number of nitrogens with zero attached hydrogens (tertiary/aromatic N) is 2. The molecule has 0 bridgehead atoms. The molecule has 116 valence electrons. The molecule has 0 aliphatic carbocycles. The van der Waals surface area contributed by atoms with Gasteiger partial charge < -0.3 is 10.4 Å². The fourth-order valence-corrected chi connectivity index (χ4v) is 2.34. The lowest BCUT2D eigenvalue weighted by Gasteiger charge is -2.06. The lowest BCUT2D eigenvalue weighted by molar-refractivity contribution is -0.116. The van der Waals surface area contributed by atoms with E-state index in [1.54, 1.807) is 12.1 Å². The van der Waals surface area contributed by atoms with Crippen LogP contribution in [-0.2, 0) is 18.3 Å². The number of aromatic nitrogens is 2. The van der Waals surface area contributed by atoms with Gasteiger partial charge in [-0.3, -0.25) is 9.48 Å². The highest BCUT2D eigenvalue weighted by Gasteiger charge is 2.11. The third-order valence-electron chi connectivity index (χ3n) is 3.68. The Labute approximate surface area is 128 Å². The molecule has 2 aromatic rings. The maximum atomic E-state index is 12.0. The van der Waals surface area contributed by atoms with Crippen LogP contribution in [-0.4, -0.2) is 26.8 Å². The van der Waals surface area contributed by atoms with Gasteiger partial charge in [0, 0.05) is 24.8 Å². The second-order valence-corrected chi connectivity index (χ2v) is 5.20. The van der Waals surface area contributed by atoms with Crippen molar-refractivity contribution >= 4 is 17.6 Å². The first kappa shape index (κ1) is 15.8. The Hall–Kier alpha value is -2.63. The number of amides is 1. The number of hydrogen-bond donors (Lipinski definition) is 2. The second kappa shape index (κ2) is 6.43. The number of anilines is 1. The summed E-state index contributed by atoms with van der Waals surface area (Å²) < 4.78 is 1.81. The molecular formula is C16H19N3O3. The standard InChI is InChI=1S/C16H19N3O3/c1-10-14(11(2)19(3)18-10)8-9-15(20)17-13-6-4-12(5-7-13)16(21)22/h4-7H,8-9H2,1-3H3,(H,17,20)(H,21,22). The zero-order chi connectivity index (χ0) is 16.3. The van der Waals surface area contributed by atoms with Crippen LogP contribution < -0.4 is 5.32 Å². The lowest BCUT2D eigenvalue weighted by Crippen LogP contribution is -2.13. The van der Waals surface area contributed by atoms with E-state index in [0.29, 0.717) is 18.5 Å². The van der Waals surface area contributed by atoms with Crippen molar-refractivity contribution in [3.8, 4) is 0 Å². The molecule has 1 amide bonds. The summed E-state index contributed by atoms with van der Waals surface area (Å²) in [6.45, 7) is 3.92. The molecule has 6 heteroatoms. The van der Waals surface area contributed by atoms with E-state index in [2.05, 4.69) is 10.4 Å². The molecular weight excluding hydrogens is 282 g/mol. The van der Waals surface area contributed by atoms with Gasteiger partial charge in [-0.15, -0.1) is 0 Å². The van der Waals surface area contributed by atoms with Gasteiger partial charge in [0.1, 0.15) is 0 Å². The fraction of sp³-hybridized carbons (Fsp3) is 0.312. The molecule has 2 N–H and O–H groups in total. The quantitative estimate of drug-likeness (QED) is 0.887. The maximum Gasteiger partial charge on any atom is 0.335 e. The van der Waals surface area contributed by atoms with Gasteiger partial charge in [-0.25, -0.2) is 4.79 Å². The van der Waals surface area contributed by atoms with Gasteiger partial charge in [0.2, 0.25) is 5.91 Å². The zero-order valence-corrected chi connectivity index (χ0v) is 12.9. The van der Waals surface area contributed by atoms with E-state index in [4.69, 9.17) is 5.11 Å². The number of benzene rings is 1. The van der Waals surface area contributed by atoms with Crippen LogP contribution in [0.4, 0.5) is 5.69 Å². The van der Waals surface area contributed by atoms with Gasteiger partial charge in [0.25, 0.3) is 0 Å². The number of carboxylic acids is 1. The minimum atomic E-state index is -0.986. The number of carbonyl (C=O) groups excluding carboxylic acids is 1. The SMILES string of the molecule is Cc1nn(C)c(C)c1CCC(=O)Nc1ccc(C(=O)O)cc1. The molecule has 1 aromatic heterocycles. The Morgan fingerprint density at radius 2 is 1.86 bits per heavy atom. The minimum Gasteiger partial charge on any atom is -0.478 e. The molecule has 0 saturated heterocycles. The molecule has 0 radical (unpaired) electrons. The average molecular weight is 301 g/mol. The van der Waals surface area contributed by atoms with Crippen molar-refractivity contribution in [2.24, 2.45) is 7.05 Å². The Morgan fingerprint density at radius 3 is 2.36 bits per heavy atom. The predicted octanol–water partition coefficient (Wildman–Crippen LogP) is 2.31. The fourth-order valence-electron chi connectivity index (χ4n) is 2.34. The van der Waals surface area contributed by atoms with Crippen molar-refractivity contribution in [1.29, 1.82) is 0 Å². The molecule has 2 rings (SSSR count). The van der Waals surface area contributed by atoms with Gasteiger partial charge in [0.15, 0.2) is 0 Å². The highest BCUT2D eigenvalue weighted by molar-refractivity contribution is 5.92. The van der Waals surface area contributed by atoms with E-state index in [1.165, 1.54) is 12.1 Å². The summed E-state index contributed by atoms with van der Waals surface area (Å²) in [7, 11) is 1.88. The van der Waals surface area contributed by atoms with Crippen molar-refractivity contribution < 1.29 is 14.7 Å². The van der Waals surface area contributed by atoms with Gasteiger partial charge in [-0.2, -0.15) is 5.10 Å². The van der Waals surface area contributed by atoms with Crippen molar-refractivity contribution in [2.75, 3.05) is 5.32 Å². The van der Waals surface area contributed by atoms with Crippen molar-refractivity contribution in [2.45, 2.75) is 26.7 Å². The Bertz CT molecular complexity index is 702. The molecule has 0 aliphatic heterocycles. The Balaban J connectivity index is 1.94. The Morgan fingerprint density at radius 1 is 1.23 bits per heavy atom. The van der Waals surface area contributed by atoms with Crippen LogP contribution in [0.2, 0.25) is 0 Å². The van der Waals surface area contributed by atoms with Crippen molar-refractivity contribution in [1.82, 2.24) is 9.78 Å². The number of hydrogen-bond acceptors (Lipinski definition) is 3. The largest absolute Gasteiger partial charge is 0.478 e. The smallest absolute Gasteiger partial charge is 0.335 e. The molecule has 0 aliphatic rings. The molecule has 0 spiro atoms. The van der Waals surface area contributed by atoms with Crippen LogP contribution in [0, 0.1) is 13.8 Å². The van der Waals surface area contributed by atoms with Crippen LogP contribution in [0.25, 0.3) is 0 Å². The third-order valence-corrected chi connectivity index (χ3v) is 3.68. The topological polar surface area (TPSA) is 84.2 Å². The molecule has 0 atom stereocenters. The van der Waals surface area contributed by atoms with E-state index in [9.17, 15) is 9.59 Å². The zero-order valence-electron chi connectivity index (χ0n) is 12.9. The van der Waals surface area contributed by atoms with Gasteiger partial charge in [-0.05, 0) is 50.1 Å². The van der Waals surface area contributed by atoms with Gasteiger partial charge in [-0.1, -0.05) is 0 Å². The third kappa shape index (κ3) is 3.52. The summed E-state index contributed by atoms with van der Waals surface area (Å²) in [5, 5.41) is 15.9. The summed E-state index contributed by atoms with van der Waals surface area (Å²) in [5.41, 5.74) is 3.89. The normalized spacial score (nSPS) is 10.5. The van der Waals surface area contributed by atoms with Crippen molar-refractivity contribution in [3.63, 3.8) is 0 Å². The summed E-state index contributed by atoms with van der Waals surface area (Å²) in [6, 6.07) is 6.10. The van der Waals surface area contributed by atoms with E-state index in [-0.39, 0.29) is 11.5 Å². The first-order valence-corrected chi connectivity index (χ1v) is 7.00. The average Bonchev–Trinajstić information content (AvgIpc) is 2.70. The summed E-state index contributed by atoms with van der Waals surface area (Å²) in [6.07, 6.45) is 0.985. The Kier molecular flexibility index (Phi) is 4.60. The van der Waals surface area contributed by atoms with Crippen LogP contribution >= 0.6 is 0 Å². The number of carbonyl (C=O) groups is 2. The predicted molar refractivity (Wildman–Crippen MR) is 83.0 cm³/mol. The van der Waals surface area contributed by atoms with Crippen LogP contribution in [0.3, 0.4) is 0 Å². The first-order chi connectivity index (χ1) is 10.4. The van der Waals surface area contributed by atoms with Crippen LogP contribution in [0.15, 0.2) is 24.3 Å². The molecule has 0 unspecified atom stereocenters. The number of aromatic carboxylic acids is 1. The number of nitrogens with one attached hydrogen (secondary N) is 1. The number of carboxylic acid groups (broad SMARTS) is 1. The molecule has 0 fully saturated rings. The monoisotopic (exact) mass is 301 g/mol. The molecule has 1 heterocycles. The summed E-state index contributed by atoms with van der Waals surface area (Å²) in [5.74, 6) is -1.09. The molecule has 1 aromatic carbocycles. The van der Waals surface area contributed by atoms with Crippen molar-refractivity contribution in [3.05, 3.63) is 46.8 Å². The highest BCUT2D eigenvalue weighted by atomic mass is 16.4. The van der Waals surface area contributed by atoms with E-state index >= 15 is 0 Å². The lowest BCUT2D eigenvalue weighted by atomic mass is 10.1. The summed E-state index contributed by atoms with van der Waals surface area (Å²) in [4.78, 5) is 22.7. The van der Waals surface area contributed by atoms with E-state index in [1.807, 2.05) is 25.6 Å². The van der Waals surface area contributed by atoms with Gasteiger partial charge >= 0.3 is 5.97 Å². The molecule has 22 heavy (non-hydrogen) atoms. The second-order valence-electron chi connectivity index (χ2n) is 5.20. The maximum absolute atomic E-state index is 12.0. The highest BCUT2D eigenvalue weighted by Crippen LogP contribution is 2.15. The van der Waals surface area contributed by atoms with Crippen LogP contribution in [0.1, 0.15) is 33.7 Å². The van der Waals surface area contributed by atoms with E-state index in [0.717, 1.165) is 17.0 Å². The first-order valence-electron chi connectivity index (χ1n) is 7.00. The summed E-state index contributed by atoms with van der Waals surface area (Å²) >= 11 is 0. The molecule has 6 nitrogen and oxygen atoms in total. The van der Waals surface area contributed by atoms with E-state index < -0.39 is 5.97 Å². The molecule has 0 saturated carbocycles. The number of aryl methyl sites for hydroxylation is 2. The van der Waals surface area contributed by atoms with Gasteiger partial charge in [0.05, 0.1) is 11.3 Å². The van der Waals surface area contributed by atoms with Crippen LogP contribution in [0.5, 0.6) is 0 Å². The minimum absolute atomic E-state index is 0.106.